The zero-order chi connectivity index (χ0) is 5.91. The Hall–Kier alpha value is -0.340. The molecule has 0 aromatic heterocycles. The second-order valence-electron chi connectivity index (χ2n) is 1.92. The Morgan fingerprint density at radius 1 is 1.43 bits per heavy atom. The monoisotopic (exact) mass is 101 g/mol. The summed E-state index contributed by atoms with van der Waals surface area (Å²) in [6, 6.07) is 0. The first-order chi connectivity index (χ1) is 3.06. The predicted molar refractivity (Wildman–Crippen MR) is 30.3 cm³/mol. The Labute approximate surface area is 44.2 Å². The average Bonchev–Trinajstić information content (AvgIpc) is 1.30. The van der Waals surface area contributed by atoms with Crippen LogP contribution in [0.15, 0.2) is 12.3 Å². The fourth-order valence-corrected chi connectivity index (χ4v) is 0.359. The van der Waals surface area contributed by atoms with Crippen LogP contribution in [0.2, 0.25) is 0 Å². The molecule has 0 amide bonds. The van der Waals surface area contributed by atoms with Gasteiger partial charge in [0.15, 0.2) is 0 Å². The van der Waals surface area contributed by atoms with E-state index in [1.807, 2.05) is 6.92 Å². The molecule has 0 aliphatic heterocycles. The molecule has 2 heteroatoms. The van der Waals surface area contributed by atoms with Crippen molar-refractivity contribution in [2.24, 2.45) is 0 Å². The smallest absolute Gasteiger partial charge is 0.0911 e. The van der Waals surface area contributed by atoms with Gasteiger partial charge in [0.05, 0.1) is 20.3 Å². The first-order valence-electron chi connectivity index (χ1n) is 2.25. The summed E-state index contributed by atoms with van der Waals surface area (Å²) in [5.74, 6) is 0. The SMILES string of the molecule is C/C=C/[N+](C)(C)[O-]. The van der Waals surface area contributed by atoms with E-state index in [0.29, 0.717) is 0 Å². The summed E-state index contributed by atoms with van der Waals surface area (Å²) in [6.07, 6.45) is 3.31. The van der Waals surface area contributed by atoms with Crippen LogP contribution in [0.4, 0.5) is 0 Å². The van der Waals surface area contributed by atoms with Gasteiger partial charge in [0.2, 0.25) is 0 Å². The van der Waals surface area contributed by atoms with E-state index in [1.165, 1.54) is 0 Å². The number of allylic oxidation sites excluding steroid dienone is 1. The Balaban J connectivity index is 3.56. The number of hydrogen-bond donors (Lipinski definition) is 0. The molecule has 0 aliphatic rings. The van der Waals surface area contributed by atoms with Crippen molar-refractivity contribution >= 4 is 0 Å². The molecule has 0 atom stereocenters. The molecular formula is C5H11NO. The molecule has 0 aliphatic carbocycles. The molecule has 0 rings (SSSR count). The highest BCUT2D eigenvalue weighted by atomic mass is 16.5. The maximum Gasteiger partial charge on any atom is 0.0911 e. The molecule has 0 radical (unpaired) electrons. The van der Waals surface area contributed by atoms with Gasteiger partial charge in [0.25, 0.3) is 0 Å². The molecule has 0 heterocycles. The van der Waals surface area contributed by atoms with Crippen LogP contribution in [-0.2, 0) is 0 Å². The molecule has 2 nitrogen and oxygen atoms in total. The number of nitrogens with zero attached hydrogens (tertiary/aromatic N) is 1. The zero-order valence-electron chi connectivity index (χ0n) is 5.01. The topological polar surface area (TPSA) is 23.1 Å². The van der Waals surface area contributed by atoms with E-state index in [9.17, 15) is 5.21 Å². The maximum atomic E-state index is 10.6. The van der Waals surface area contributed by atoms with Gasteiger partial charge in [0, 0.05) is 0 Å². The van der Waals surface area contributed by atoms with Crippen molar-refractivity contribution in [3.63, 3.8) is 0 Å². The van der Waals surface area contributed by atoms with Gasteiger partial charge in [-0.3, -0.25) is 0 Å². The fourth-order valence-electron chi connectivity index (χ4n) is 0.359. The second kappa shape index (κ2) is 2.09. The van der Waals surface area contributed by atoms with Gasteiger partial charge in [-0.15, -0.1) is 0 Å². The maximum absolute atomic E-state index is 10.6. The van der Waals surface area contributed by atoms with E-state index in [2.05, 4.69) is 0 Å². The van der Waals surface area contributed by atoms with E-state index >= 15 is 0 Å². The molecule has 0 aromatic carbocycles. The van der Waals surface area contributed by atoms with Crippen molar-refractivity contribution in [2.45, 2.75) is 6.92 Å². The third-order valence-electron chi connectivity index (χ3n) is 0.508. The predicted octanol–water partition coefficient (Wildman–Crippen LogP) is 1.09. The summed E-state index contributed by atoms with van der Waals surface area (Å²) in [6.45, 7) is 1.83. The molecule has 0 saturated heterocycles. The number of hydroxylamine groups is 3. The number of quaternary nitrogens is 1. The van der Waals surface area contributed by atoms with Crippen molar-refractivity contribution in [2.75, 3.05) is 14.1 Å². The minimum atomic E-state index is -0.337. The molecule has 7 heavy (non-hydrogen) atoms. The third-order valence-corrected chi connectivity index (χ3v) is 0.508. The van der Waals surface area contributed by atoms with Gasteiger partial charge >= 0.3 is 0 Å². The lowest BCUT2D eigenvalue weighted by atomic mass is 10.6. The molecule has 0 bridgehead atoms. The van der Waals surface area contributed by atoms with Crippen molar-refractivity contribution in [1.29, 1.82) is 0 Å². The quantitative estimate of drug-likeness (QED) is 0.358. The standard InChI is InChI=1S/C5H11NO/c1-4-5-6(2,3)7/h4-5H,1-3H3/b5-4+. The summed E-state index contributed by atoms with van der Waals surface area (Å²) in [7, 11) is 3.14. The van der Waals surface area contributed by atoms with Crippen LogP contribution in [0.1, 0.15) is 6.92 Å². The highest BCUT2D eigenvalue weighted by Crippen LogP contribution is 1.90. The molecule has 0 aromatic rings. The summed E-state index contributed by atoms with van der Waals surface area (Å²) in [5.41, 5.74) is 0. The lowest BCUT2D eigenvalue weighted by Crippen LogP contribution is -2.23. The first-order valence-corrected chi connectivity index (χ1v) is 2.25. The lowest BCUT2D eigenvalue weighted by Gasteiger charge is -2.28. The highest BCUT2D eigenvalue weighted by molar-refractivity contribution is 4.65. The molecule has 0 spiro atoms. The molecular weight excluding hydrogens is 90.1 g/mol. The van der Waals surface area contributed by atoms with Gasteiger partial charge in [-0.2, -0.15) is 0 Å². The second-order valence-corrected chi connectivity index (χ2v) is 1.92. The average molecular weight is 101 g/mol. The Bertz CT molecular complexity index is 70.6. The van der Waals surface area contributed by atoms with Crippen molar-refractivity contribution in [1.82, 2.24) is 0 Å². The van der Waals surface area contributed by atoms with E-state index < -0.39 is 0 Å². The van der Waals surface area contributed by atoms with Gasteiger partial charge < -0.3 is 9.85 Å². The minimum Gasteiger partial charge on any atom is -0.628 e. The van der Waals surface area contributed by atoms with Crippen LogP contribution < -0.4 is 0 Å². The Kier molecular flexibility index (Phi) is 1.99. The third kappa shape index (κ3) is 5.66. The van der Waals surface area contributed by atoms with Gasteiger partial charge in [-0.25, -0.2) is 0 Å². The van der Waals surface area contributed by atoms with Gasteiger partial charge in [-0.1, -0.05) is 0 Å². The first kappa shape index (κ1) is 6.66. The van der Waals surface area contributed by atoms with Crippen LogP contribution in [0.25, 0.3) is 0 Å². The summed E-state index contributed by atoms with van der Waals surface area (Å²) < 4.78 is -0.337. The van der Waals surface area contributed by atoms with Gasteiger partial charge in [-0.05, 0) is 13.0 Å². The Morgan fingerprint density at radius 3 is 1.86 bits per heavy atom. The Morgan fingerprint density at radius 2 is 1.86 bits per heavy atom. The van der Waals surface area contributed by atoms with E-state index in [0.717, 1.165) is 0 Å². The molecule has 0 unspecified atom stereocenters. The van der Waals surface area contributed by atoms with Gasteiger partial charge in [0.1, 0.15) is 0 Å². The van der Waals surface area contributed by atoms with E-state index in [1.54, 1.807) is 26.4 Å². The summed E-state index contributed by atoms with van der Waals surface area (Å²) in [4.78, 5) is 0. The van der Waals surface area contributed by atoms with Crippen molar-refractivity contribution < 1.29 is 4.65 Å². The van der Waals surface area contributed by atoms with Crippen LogP contribution >= 0.6 is 0 Å². The molecule has 42 valence electrons. The zero-order valence-corrected chi connectivity index (χ0v) is 5.01. The van der Waals surface area contributed by atoms with Crippen molar-refractivity contribution in [3.8, 4) is 0 Å². The summed E-state index contributed by atoms with van der Waals surface area (Å²) >= 11 is 0. The summed E-state index contributed by atoms with van der Waals surface area (Å²) in [5, 5.41) is 10.6. The molecule has 0 N–H and O–H groups in total. The minimum absolute atomic E-state index is 0.337. The lowest BCUT2D eigenvalue weighted by molar-refractivity contribution is -0.785. The normalized spacial score (nSPS) is 13.1. The largest absolute Gasteiger partial charge is 0.628 e. The van der Waals surface area contributed by atoms with Crippen LogP contribution in [0.5, 0.6) is 0 Å². The fraction of sp³-hybridized carbons (Fsp3) is 0.600. The molecule has 0 saturated carbocycles. The van der Waals surface area contributed by atoms with Crippen LogP contribution in [-0.4, -0.2) is 18.7 Å². The van der Waals surface area contributed by atoms with E-state index in [-0.39, 0.29) is 4.65 Å². The van der Waals surface area contributed by atoms with Crippen LogP contribution in [0.3, 0.4) is 0 Å². The number of rotatable bonds is 1. The number of hydrogen-bond acceptors (Lipinski definition) is 1. The molecule has 0 fully saturated rings. The van der Waals surface area contributed by atoms with Crippen LogP contribution in [0, 0.1) is 5.21 Å². The van der Waals surface area contributed by atoms with E-state index in [4.69, 9.17) is 0 Å². The van der Waals surface area contributed by atoms with Crippen molar-refractivity contribution in [3.05, 3.63) is 17.5 Å². The highest BCUT2D eigenvalue weighted by Gasteiger charge is 1.88.